The van der Waals surface area contributed by atoms with Gasteiger partial charge in [0.25, 0.3) is 0 Å². The molecule has 1 aromatic carbocycles. The lowest BCUT2D eigenvalue weighted by Crippen LogP contribution is -1.97. The number of imidazole rings is 1. The van der Waals surface area contributed by atoms with Gasteiger partial charge in [0.1, 0.15) is 0 Å². The largest absolute Gasteiger partial charge is 0.333 e. The standard InChI is InChI=1S/C13H18N2/c1-5-9(2)11-7-6-10(3)12-13(11)15(4)8-14-12/h6-9H,5H2,1-4H3. The van der Waals surface area contributed by atoms with Crippen LogP contribution < -0.4 is 0 Å². The normalized spacial score (nSPS) is 13.3. The molecule has 2 rings (SSSR count). The van der Waals surface area contributed by atoms with E-state index in [1.165, 1.54) is 23.1 Å². The zero-order valence-electron chi connectivity index (χ0n) is 9.91. The first kappa shape index (κ1) is 10.2. The summed E-state index contributed by atoms with van der Waals surface area (Å²) >= 11 is 0. The lowest BCUT2D eigenvalue weighted by Gasteiger charge is -2.12. The molecule has 1 heterocycles. The topological polar surface area (TPSA) is 17.8 Å². The van der Waals surface area contributed by atoms with E-state index in [1.54, 1.807) is 0 Å². The van der Waals surface area contributed by atoms with Crippen LogP contribution in [0, 0.1) is 6.92 Å². The van der Waals surface area contributed by atoms with Gasteiger partial charge in [0.15, 0.2) is 0 Å². The predicted molar refractivity (Wildman–Crippen MR) is 64.2 cm³/mol. The molecule has 0 saturated heterocycles. The van der Waals surface area contributed by atoms with Gasteiger partial charge >= 0.3 is 0 Å². The number of rotatable bonds is 2. The van der Waals surface area contributed by atoms with E-state index in [2.05, 4.69) is 49.5 Å². The van der Waals surface area contributed by atoms with Crippen LogP contribution in [0.25, 0.3) is 11.0 Å². The summed E-state index contributed by atoms with van der Waals surface area (Å²) in [5.41, 5.74) is 5.12. The van der Waals surface area contributed by atoms with E-state index in [0.29, 0.717) is 5.92 Å². The Bertz CT molecular complexity index is 482. The highest BCUT2D eigenvalue weighted by Crippen LogP contribution is 2.28. The van der Waals surface area contributed by atoms with Crippen LogP contribution in [0.3, 0.4) is 0 Å². The first-order chi connectivity index (χ1) is 7.15. The summed E-state index contributed by atoms with van der Waals surface area (Å²) in [5.74, 6) is 0.600. The van der Waals surface area contributed by atoms with Crippen molar-refractivity contribution in [3.8, 4) is 0 Å². The van der Waals surface area contributed by atoms with Gasteiger partial charge in [-0.3, -0.25) is 0 Å². The van der Waals surface area contributed by atoms with Gasteiger partial charge in [0.2, 0.25) is 0 Å². The van der Waals surface area contributed by atoms with Crippen LogP contribution in [0.1, 0.15) is 37.3 Å². The van der Waals surface area contributed by atoms with E-state index >= 15 is 0 Å². The highest BCUT2D eigenvalue weighted by atomic mass is 15.0. The van der Waals surface area contributed by atoms with Gasteiger partial charge in [-0.25, -0.2) is 4.98 Å². The third-order valence-corrected chi connectivity index (χ3v) is 3.24. The molecular formula is C13H18N2. The number of aromatic nitrogens is 2. The number of nitrogens with zero attached hydrogens (tertiary/aromatic N) is 2. The van der Waals surface area contributed by atoms with Crippen LogP contribution in [0.2, 0.25) is 0 Å². The van der Waals surface area contributed by atoms with Crippen LogP contribution >= 0.6 is 0 Å². The summed E-state index contributed by atoms with van der Waals surface area (Å²) in [6.45, 7) is 6.62. The third-order valence-electron chi connectivity index (χ3n) is 3.24. The molecule has 1 aromatic heterocycles. The molecule has 0 aliphatic carbocycles. The third kappa shape index (κ3) is 1.54. The Labute approximate surface area is 90.9 Å². The second kappa shape index (κ2) is 3.69. The van der Waals surface area contributed by atoms with Crippen molar-refractivity contribution in [2.45, 2.75) is 33.1 Å². The molecule has 0 fully saturated rings. The van der Waals surface area contributed by atoms with Crippen molar-refractivity contribution in [1.82, 2.24) is 9.55 Å². The molecule has 0 aliphatic rings. The maximum atomic E-state index is 4.46. The zero-order valence-corrected chi connectivity index (χ0v) is 9.91. The van der Waals surface area contributed by atoms with Gasteiger partial charge in [0, 0.05) is 7.05 Å². The van der Waals surface area contributed by atoms with Crippen molar-refractivity contribution in [3.05, 3.63) is 29.6 Å². The summed E-state index contributed by atoms with van der Waals surface area (Å²) in [7, 11) is 2.07. The number of benzene rings is 1. The SMILES string of the molecule is CCC(C)c1ccc(C)c2ncn(C)c12. The molecule has 0 bridgehead atoms. The smallest absolute Gasteiger partial charge is 0.0955 e. The number of fused-ring (bicyclic) bond motifs is 1. The summed E-state index contributed by atoms with van der Waals surface area (Å²) < 4.78 is 2.13. The molecule has 0 amide bonds. The van der Waals surface area contributed by atoms with Gasteiger partial charge in [-0.1, -0.05) is 26.0 Å². The molecule has 80 valence electrons. The zero-order chi connectivity index (χ0) is 11.0. The first-order valence-corrected chi connectivity index (χ1v) is 5.55. The predicted octanol–water partition coefficient (Wildman–Crippen LogP) is 3.40. The lowest BCUT2D eigenvalue weighted by molar-refractivity contribution is 0.733. The fourth-order valence-electron chi connectivity index (χ4n) is 2.05. The Balaban J connectivity index is 2.75. The van der Waals surface area contributed by atoms with Crippen LogP contribution in [0.15, 0.2) is 18.5 Å². The van der Waals surface area contributed by atoms with E-state index in [-0.39, 0.29) is 0 Å². The monoisotopic (exact) mass is 202 g/mol. The molecular weight excluding hydrogens is 184 g/mol. The maximum absolute atomic E-state index is 4.46. The molecule has 0 N–H and O–H groups in total. The van der Waals surface area contributed by atoms with E-state index < -0.39 is 0 Å². The summed E-state index contributed by atoms with van der Waals surface area (Å²) in [4.78, 5) is 4.46. The molecule has 0 spiro atoms. The molecule has 0 saturated carbocycles. The first-order valence-electron chi connectivity index (χ1n) is 5.55. The Hall–Kier alpha value is -1.31. The van der Waals surface area contributed by atoms with Crippen molar-refractivity contribution in [1.29, 1.82) is 0 Å². The van der Waals surface area contributed by atoms with Gasteiger partial charge in [-0.2, -0.15) is 0 Å². The molecule has 1 atom stereocenters. The fourth-order valence-corrected chi connectivity index (χ4v) is 2.05. The van der Waals surface area contributed by atoms with E-state index in [9.17, 15) is 0 Å². The van der Waals surface area contributed by atoms with E-state index in [1.807, 2.05) is 6.33 Å². The van der Waals surface area contributed by atoms with Crippen LogP contribution in [-0.4, -0.2) is 9.55 Å². The quantitative estimate of drug-likeness (QED) is 0.729. The molecule has 2 aromatic rings. The summed E-state index contributed by atoms with van der Waals surface area (Å²) in [6, 6.07) is 4.42. The Kier molecular flexibility index (Phi) is 2.51. The number of hydrogen-bond acceptors (Lipinski definition) is 1. The molecule has 0 aliphatic heterocycles. The van der Waals surface area contributed by atoms with Crippen molar-refractivity contribution in [3.63, 3.8) is 0 Å². The van der Waals surface area contributed by atoms with Crippen LogP contribution in [0.4, 0.5) is 0 Å². The molecule has 2 nitrogen and oxygen atoms in total. The van der Waals surface area contributed by atoms with Crippen LogP contribution in [-0.2, 0) is 7.05 Å². The Morgan fingerprint density at radius 1 is 1.40 bits per heavy atom. The minimum Gasteiger partial charge on any atom is -0.333 e. The van der Waals surface area contributed by atoms with E-state index in [0.717, 1.165) is 5.52 Å². The van der Waals surface area contributed by atoms with Gasteiger partial charge < -0.3 is 4.57 Å². The highest BCUT2D eigenvalue weighted by molar-refractivity contribution is 5.82. The average molecular weight is 202 g/mol. The molecule has 2 heteroatoms. The van der Waals surface area contributed by atoms with Crippen molar-refractivity contribution in [2.24, 2.45) is 7.05 Å². The van der Waals surface area contributed by atoms with Crippen molar-refractivity contribution in [2.75, 3.05) is 0 Å². The minimum absolute atomic E-state index is 0.600. The van der Waals surface area contributed by atoms with Crippen LogP contribution in [0.5, 0.6) is 0 Å². The summed E-state index contributed by atoms with van der Waals surface area (Å²) in [5, 5.41) is 0. The number of hydrogen-bond donors (Lipinski definition) is 0. The van der Waals surface area contributed by atoms with Gasteiger partial charge in [-0.15, -0.1) is 0 Å². The molecule has 1 unspecified atom stereocenters. The van der Waals surface area contributed by atoms with Gasteiger partial charge in [0.05, 0.1) is 17.4 Å². The van der Waals surface area contributed by atoms with Gasteiger partial charge in [-0.05, 0) is 30.4 Å². The number of aryl methyl sites for hydroxylation is 2. The lowest BCUT2D eigenvalue weighted by atomic mass is 9.96. The highest BCUT2D eigenvalue weighted by Gasteiger charge is 2.12. The molecule has 15 heavy (non-hydrogen) atoms. The fraction of sp³-hybridized carbons (Fsp3) is 0.462. The Morgan fingerprint density at radius 2 is 2.13 bits per heavy atom. The second-order valence-electron chi connectivity index (χ2n) is 4.33. The van der Waals surface area contributed by atoms with Crippen molar-refractivity contribution < 1.29 is 0 Å². The minimum atomic E-state index is 0.600. The van der Waals surface area contributed by atoms with E-state index in [4.69, 9.17) is 0 Å². The second-order valence-corrected chi connectivity index (χ2v) is 4.33. The summed E-state index contributed by atoms with van der Waals surface area (Å²) in [6.07, 6.45) is 3.08. The van der Waals surface area contributed by atoms with Crippen molar-refractivity contribution >= 4 is 11.0 Å². The Morgan fingerprint density at radius 3 is 2.80 bits per heavy atom. The maximum Gasteiger partial charge on any atom is 0.0955 e. The molecule has 0 radical (unpaired) electrons. The average Bonchev–Trinajstić information content (AvgIpc) is 2.62.